The van der Waals surface area contributed by atoms with Gasteiger partial charge in [-0.3, -0.25) is 4.79 Å². The van der Waals surface area contributed by atoms with Crippen LogP contribution < -0.4 is 4.90 Å². The van der Waals surface area contributed by atoms with Gasteiger partial charge in [0, 0.05) is 11.9 Å². The molecule has 16 heavy (non-hydrogen) atoms. The minimum atomic E-state index is 0.0174. The molecule has 0 saturated heterocycles. The van der Waals surface area contributed by atoms with Crippen molar-refractivity contribution in [3.05, 3.63) is 23.8 Å². The number of thioether (sulfide) groups is 1. The maximum absolute atomic E-state index is 11.8. The third kappa shape index (κ3) is 2.09. The second kappa shape index (κ2) is 4.72. The van der Waals surface area contributed by atoms with Gasteiger partial charge in [-0.1, -0.05) is 6.07 Å². The minimum Gasteiger partial charge on any atom is -0.313 e. The molecule has 1 aromatic rings. The highest BCUT2D eigenvalue weighted by Gasteiger charge is 2.27. The third-order valence-electron chi connectivity index (χ3n) is 2.77. The monoisotopic (exact) mass is 253 g/mol. The molecule has 0 radical (unpaired) electrons. The second-order valence-electron chi connectivity index (χ2n) is 3.93. The first-order valence-corrected chi connectivity index (χ1v) is 6.82. The van der Waals surface area contributed by atoms with E-state index in [2.05, 4.69) is 24.8 Å². The number of aryl methyl sites for hydroxylation is 1. The minimum absolute atomic E-state index is 0.0174. The first-order valence-electron chi connectivity index (χ1n) is 5.31. The Hall–Kier alpha value is -0.610. The van der Waals surface area contributed by atoms with Crippen LogP contribution in [0.15, 0.2) is 23.1 Å². The molecule has 1 heterocycles. The molecule has 0 fully saturated rings. The summed E-state index contributed by atoms with van der Waals surface area (Å²) < 4.78 is 0. The molecule has 4 heteroatoms. The van der Waals surface area contributed by atoms with Gasteiger partial charge in [-0.05, 0) is 36.8 Å². The Kier molecular flexibility index (Phi) is 3.50. The lowest BCUT2D eigenvalue weighted by Gasteiger charge is -2.29. The van der Waals surface area contributed by atoms with Crippen LogP contribution in [-0.2, 0) is 11.2 Å². The lowest BCUT2D eigenvalue weighted by molar-refractivity contribution is -0.117. The van der Waals surface area contributed by atoms with E-state index in [9.17, 15) is 4.79 Å². The number of nitrogens with zero attached hydrogens (tertiary/aromatic N) is 1. The van der Waals surface area contributed by atoms with E-state index in [0.717, 1.165) is 17.9 Å². The molecule has 1 aliphatic rings. The number of carbonyl (C=O) groups excluding carboxylic acids is 1. The summed E-state index contributed by atoms with van der Waals surface area (Å²) in [5, 5.41) is 0.0174. The highest BCUT2D eigenvalue weighted by atomic mass is 32.2. The fourth-order valence-corrected chi connectivity index (χ4v) is 3.29. The molecule has 1 atom stereocenters. The van der Waals surface area contributed by atoms with Crippen LogP contribution in [0.25, 0.3) is 0 Å². The molecule has 0 spiro atoms. The first-order chi connectivity index (χ1) is 7.63. The van der Waals surface area contributed by atoms with Crippen LogP contribution in [0.3, 0.4) is 0 Å². The first kappa shape index (κ1) is 11.9. The number of benzene rings is 1. The number of anilines is 1. The van der Waals surface area contributed by atoms with E-state index in [4.69, 9.17) is 0 Å². The van der Waals surface area contributed by atoms with Crippen LogP contribution in [0, 0.1) is 0 Å². The zero-order valence-electron chi connectivity index (χ0n) is 9.43. The Balaban J connectivity index is 2.37. The predicted molar refractivity (Wildman–Crippen MR) is 72.7 cm³/mol. The van der Waals surface area contributed by atoms with Crippen LogP contribution in [-0.4, -0.2) is 24.0 Å². The third-order valence-corrected chi connectivity index (χ3v) is 4.13. The van der Waals surface area contributed by atoms with Crippen molar-refractivity contribution in [2.24, 2.45) is 0 Å². The van der Waals surface area contributed by atoms with Crippen molar-refractivity contribution < 1.29 is 4.79 Å². The Morgan fingerprint density at radius 1 is 1.50 bits per heavy atom. The normalized spacial score (nSPS) is 19.8. The largest absolute Gasteiger partial charge is 0.313 e. The summed E-state index contributed by atoms with van der Waals surface area (Å²) in [6, 6.07) is 6.29. The summed E-state index contributed by atoms with van der Waals surface area (Å²) in [4.78, 5) is 14.7. The van der Waals surface area contributed by atoms with E-state index in [1.807, 2.05) is 20.0 Å². The maximum atomic E-state index is 11.8. The molecular weight excluding hydrogens is 238 g/mol. The molecule has 0 aromatic heterocycles. The molecule has 2 nitrogen and oxygen atoms in total. The van der Waals surface area contributed by atoms with E-state index in [-0.39, 0.29) is 11.2 Å². The van der Waals surface area contributed by atoms with E-state index in [1.54, 1.807) is 16.7 Å². The van der Waals surface area contributed by atoms with Gasteiger partial charge in [0.2, 0.25) is 5.91 Å². The lowest BCUT2D eigenvalue weighted by atomic mass is 10.1. The second-order valence-corrected chi connectivity index (χ2v) is 5.76. The molecule has 86 valence electrons. The Morgan fingerprint density at radius 2 is 2.25 bits per heavy atom. The van der Waals surface area contributed by atoms with Crippen LogP contribution in [0.1, 0.15) is 12.5 Å². The Bertz CT molecular complexity index is 419. The standard InChI is InChI=1S/C12H15NOS2/c1-8-12(14)13(2)10-4-3-9(5-6-15)7-11(10)16-8/h3-4,7-8,15H,5-6H2,1-2H3. The molecule has 0 aliphatic carbocycles. The van der Waals surface area contributed by atoms with Crippen LogP contribution in [0.4, 0.5) is 5.69 Å². The van der Waals surface area contributed by atoms with Gasteiger partial charge in [-0.25, -0.2) is 0 Å². The molecule has 0 bridgehead atoms. The predicted octanol–water partition coefficient (Wildman–Crippen LogP) is 2.62. The number of hydrogen-bond acceptors (Lipinski definition) is 3. The molecule has 0 N–H and O–H groups in total. The number of hydrogen-bond donors (Lipinski definition) is 1. The Morgan fingerprint density at radius 3 is 2.94 bits per heavy atom. The van der Waals surface area contributed by atoms with Gasteiger partial charge in [0.15, 0.2) is 0 Å². The number of fused-ring (bicyclic) bond motifs is 1. The number of thiol groups is 1. The van der Waals surface area contributed by atoms with E-state index < -0.39 is 0 Å². The topological polar surface area (TPSA) is 20.3 Å². The van der Waals surface area contributed by atoms with Gasteiger partial charge >= 0.3 is 0 Å². The van der Waals surface area contributed by atoms with Crippen molar-refractivity contribution in [2.45, 2.75) is 23.5 Å². The molecule has 1 aromatic carbocycles. The van der Waals surface area contributed by atoms with Crippen molar-refractivity contribution in [3.63, 3.8) is 0 Å². The lowest BCUT2D eigenvalue weighted by Crippen LogP contribution is -2.36. The zero-order chi connectivity index (χ0) is 11.7. The molecular formula is C12H15NOS2. The SMILES string of the molecule is CC1Sc2cc(CCS)ccc2N(C)C1=O. The summed E-state index contributed by atoms with van der Waals surface area (Å²) >= 11 is 5.88. The van der Waals surface area contributed by atoms with Gasteiger partial charge in [-0.15, -0.1) is 11.8 Å². The van der Waals surface area contributed by atoms with Gasteiger partial charge < -0.3 is 4.90 Å². The van der Waals surface area contributed by atoms with Crippen molar-refractivity contribution in [1.29, 1.82) is 0 Å². The number of amides is 1. The van der Waals surface area contributed by atoms with E-state index >= 15 is 0 Å². The van der Waals surface area contributed by atoms with Crippen LogP contribution in [0.5, 0.6) is 0 Å². The fraction of sp³-hybridized carbons (Fsp3) is 0.417. The number of carbonyl (C=O) groups is 1. The summed E-state index contributed by atoms with van der Waals surface area (Å²) in [5.74, 6) is 1.03. The Labute approximate surface area is 106 Å². The van der Waals surface area contributed by atoms with Gasteiger partial charge in [0.05, 0.1) is 10.9 Å². The summed E-state index contributed by atoms with van der Waals surface area (Å²) in [6.45, 7) is 1.96. The summed E-state index contributed by atoms with van der Waals surface area (Å²) in [7, 11) is 1.84. The fourth-order valence-electron chi connectivity index (χ4n) is 1.85. The quantitative estimate of drug-likeness (QED) is 0.818. The summed E-state index contributed by atoms with van der Waals surface area (Å²) in [5.41, 5.74) is 2.31. The molecule has 2 rings (SSSR count). The smallest absolute Gasteiger partial charge is 0.239 e. The average Bonchev–Trinajstić information content (AvgIpc) is 2.26. The number of rotatable bonds is 2. The van der Waals surface area contributed by atoms with Gasteiger partial charge in [0.25, 0.3) is 0 Å². The highest BCUT2D eigenvalue weighted by Crippen LogP contribution is 2.38. The summed E-state index contributed by atoms with van der Waals surface area (Å²) in [6.07, 6.45) is 0.975. The van der Waals surface area contributed by atoms with E-state index in [1.165, 1.54) is 10.5 Å². The van der Waals surface area contributed by atoms with Crippen LogP contribution >= 0.6 is 24.4 Å². The maximum Gasteiger partial charge on any atom is 0.239 e. The van der Waals surface area contributed by atoms with Crippen LogP contribution in [0.2, 0.25) is 0 Å². The molecule has 1 aliphatic heterocycles. The van der Waals surface area contributed by atoms with Gasteiger partial charge in [0.1, 0.15) is 0 Å². The average molecular weight is 253 g/mol. The molecule has 1 unspecified atom stereocenters. The van der Waals surface area contributed by atoms with Crippen molar-refractivity contribution in [2.75, 3.05) is 17.7 Å². The van der Waals surface area contributed by atoms with Crippen molar-refractivity contribution in [1.82, 2.24) is 0 Å². The van der Waals surface area contributed by atoms with Gasteiger partial charge in [-0.2, -0.15) is 12.6 Å². The van der Waals surface area contributed by atoms with Crippen molar-refractivity contribution in [3.8, 4) is 0 Å². The van der Waals surface area contributed by atoms with E-state index in [0.29, 0.717) is 0 Å². The van der Waals surface area contributed by atoms with Crippen molar-refractivity contribution >= 4 is 36.0 Å². The molecule has 0 saturated carbocycles. The zero-order valence-corrected chi connectivity index (χ0v) is 11.1. The molecule has 1 amide bonds. The highest BCUT2D eigenvalue weighted by molar-refractivity contribution is 8.01.